The molecule has 0 saturated carbocycles. The average molecular weight is 289 g/mol. The first kappa shape index (κ1) is 13.2. The molecule has 2 saturated heterocycles. The van der Waals surface area contributed by atoms with E-state index in [0.29, 0.717) is 17.8 Å². The molecule has 2 N–H and O–H groups in total. The van der Waals surface area contributed by atoms with Crippen molar-refractivity contribution >= 4 is 11.6 Å². The van der Waals surface area contributed by atoms with Gasteiger partial charge in [0.05, 0.1) is 0 Å². The molecule has 5 heteroatoms. The molecule has 0 aromatic heterocycles. The molecule has 0 bridgehead atoms. The summed E-state index contributed by atoms with van der Waals surface area (Å²) in [5.74, 6) is -0.376. The quantitative estimate of drug-likeness (QED) is 0.875. The number of fused-ring (bicyclic) bond motifs is 2. The number of amides is 1. The number of anilines is 1. The van der Waals surface area contributed by atoms with Crippen molar-refractivity contribution in [2.45, 2.75) is 43.8 Å². The van der Waals surface area contributed by atoms with Crippen LogP contribution >= 0.6 is 0 Å². The van der Waals surface area contributed by atoms with Crippen LogP contribution in [0, 0.1) is 5.82 Å². The summed E-state index contributed by atoms with van der Waals surface area (Å²) in [6, 6.07) is 5.11. The second-order valence-corrected chi connectivity index (χ2v) is 6.31. The third-order valence-electron chi connectivity index (χ3n) is 5.08. The molecule has 1 amide bonds. The highest BCUT2D eigenvalue weighted by molar-refractivity contribution is 6.02. The van der Waals surface area contributed by atoms with Crippen molar-refractivity contribution in [1.29, 1.82) is 0 Å². The van der Waals surface area contributed by atoms with Crippen molar-refractivity contribution in [2.24, 2.45) is 0 Å². The summed E-state index contributed by atoms with van der Waals surface area (Å²) in [5, 5.41) is 6.31. The van der Waals surface area contributed by atoms with Gasteiger partial charge in [-0.15, -0.1) is 0 Å². The number of carbonyl (C=O) groups excluding carboxylic acids is 1. The molecule has 2 fully saturated rings. The SMILES string of the molecule is O=C1Nc2cc(F)ccc2C1NC1CCN2CCCCC12. The lowest BCUT2D eigenvalue weighted by atomic mass is 9.97. The zero-order valence-electron chi connectivity index (χ0n) is 11.9. The van der Waals surface area contributed by atoms with Crippen LogP contribution in [0.25, 0.3) is 0 Å². The molecular weight excluding hydrogens is 269 g/mol. The molecule has 0 aliphatic carbocycles. The highest BCUT2D eigenvalue weighted by atomic mass is 19.1. The van der Waals surface area contributed by atoms with Crippen LogP contribution < -0.4 is 10.6 Å². The van der Waals surface area contributed by atoms with Crippen LogP contribution in [0.15, 0.2) is 18.2 Å². The van der Waals surface area contributed by atoms with Crippen LogP contribution in [0.5, 0.6) is 0 Å². The van der Waals surface area contributed by atoms with E-state index < -0.39 is 0 Å². The van der Waals surface area contributed by atoms with Gasteiger partial charge in [-0.3, -0.25) is 15.0 Å². The minimum absolute atomic E-state index is 0.0649. The molecule has 112 valence electrons. The zero-order chi connectivity index (χ0) is 14.4. The molecule has 3 aliphatic rings. The van der Waals surface area contributed by atoms with Gasteiger partial charge >= 0.3 is 0 Å². The molecule has 3 unspecified atom stereocenters. The monoisotopic (exact) mass is 289 g/mol. The number of rotatable bonds is 2. The molecule has 3 heterocycles. The first-order chi connectivity index (χ1) is 10.2. The van der Waals surface area contributed by atoms with Crippen molar-refractivity contribution in [3.8, 4) is 0 Å². The van der Waals surface area contributed by atoms with E-state index >= 15 is 0 Å². The van der Waals surface area contributed by atoms with E-state index in [1.165, 1.54) is 37.9 Å². The van der Waals surface area contributed by atoms with Crippen LogP contribution in [-0.4, -0.2) is 36.0 Å². The van der Waals surface area contributed by atoms with E-state index in [-0.39, 0.29) is 17.8 Å². The second-order valence-electron chi connectivity index (χ2n) is 6.31. The van der Waals surface area contributed by atoms with Gasteiger partial charge in [-0.05, 0) is 37.9 Å². The zero-order valence-corrected chi connectivity index (χ0v) is 11.9. The van der Waals surface area contributed by atoms with Crippen molar-refractivity contribution in [3.63, 3.8) is 0 Å². The number of halogens is 1. The smallest absolute Gasteiger partial charge is 0.246 e. The summed E-state index contributed by atoms with van der Waals surface area (Å²) in [4.78, 5) is 14.7. The average Bonchev–Trinajstić information content (AvgIpc) is 3.01. The Hall–Kier alpha value is -1.46. The van der Waals surface area contributed by atoms with Gasteiger partial charge in [0.15, 0.2) is 0 Å². The lowest BCUT2D eigenvalue weighted by molar-refractivity contribution is -0.117. The highest BCUT2D eigenvalue weighted by Gasteiger charge is 2.39. The van der Waals surface area contributed by atoms with Crippen molar-refractivity contribution in [3.05, 3.63) is 29.6 Å². The van der Waals surface area contributed by atoms with Crippen LogP contribution in [0.2, 0.25) is 0 Å². The van der Waals surface area contributed by atoms with Crippen molar-refractivity contribution < 1.29 is 9.18 Å². The van der Waals surface area contributed by atoms with Gasteiger partial charge in [-0.25, -0.2) is 4.39 Å². The fourth-order valence-electron chi connectivity index (χ4n) is 4.06. The highest BCUT2D eigenvalue weighted by Crippen LogP contribution is 2.34. The van der Waals surface area contributed by atoms with Gasteiger partial charge in [-0.2, -0.15) is 0 Å². The molecule has 1 aromatic rings. The number of piperidine rings is 1. The molecule has 0 spiro atoms. The molecule has 0 radical (unpaired) electrons. The Morgan fingerprint density at radius 2 is 2.14 bits per heavy atom. The van der Waals surface area contributed by atoms with E-state index in [1.807, 2.05) is 0 Å². The van der Waals surface area contributed by atoms with Gasteiger partial charge < -0.3 is 5.32 Å². The summed E-state index contributed by atoms with van der Waals surface area (Å²) in [7, 11) is 0. The maximum absolute atomic E-state index is 13.3. The number of carbonyl (C=O) groups is 1. The summed E-state index contributed by atoms with van der Waals surface area (Å²) < 4.78 is 13.3. The van der Waals surface area contributed by atoms with Crippen molar-refractivity contribution in [2.75, 3.05) is 18.4 Å². The first-order valence-electron chi connectivity index (χ1n) is 7.83. The van der Waals surface area contributed by atoms with Gasteiger partial charge in [0.2, 0.25) is 5.91 Å². The summed E-state index contributed by atoms with van der Waals surface area (Å²) in [5.41, 5.74) is 1.48. The molecule has 4 nitrogen and oxygen atoms in total. The topological polar surface area (TPSA) is 44.4 Å². The van der Waals surface area contributed by atoms with E-state index in [9.17, 15) is 9.18 Å². The van der Waals surface area contributed by atoms with Crippen LogP contribution in [0.4, 0.5) is 10.1 Å². The molecule has 21 heavy (non-hydrogen) atoms. The third-order valence-corrected chi connectivity index (χ3v) is 5.08. The lowest BCUT2D eigenvalue weighted by Gasteiger charge is -2.33. The Balaban J connectivity index is 1.54. The summed E-state index contributed by atoms with van der Waals surface area (Å²) in [6.07, 6.45) is 4.86. The number of hydrogen-bond donors (Lipinski definition) is 2. The Morgan fingerprint density at radius 1 is 1.24 bits per heavy atom. The molecule has 3 atom stereocenters. The number of benzene rings is 1. The lowest BCUT2D eigenvalue weighted by Crippen LogP contribution is -2.47. The van der Waals surface area contributed by atoms with E-state index in [1.54, 1.807) is 6.07 Å². The first-order valence-corrected chi connectivity index (χ1v) is 7.83. The Bertz CT molecular complexity index is 577. The van der Waals surface area contributed by atoms with Crippen LogP contribution in [-0.2, 0) is 4.79 Å². The third kappa shape index (κ3) is 2.24. The molecule has 1 aromatic carbocycles. The van der Waals surface area contributed by atoms with E-state index in [0.717, 1.165) is 18.5 Å². The van der Waals surface area contributed by atoms with Crippen LogP contribution in [0.1, 0.15) is 37.3 Å². The normalized spacial score (nSPS) is 31.9. The fourth-order valence-corrected chi connectivity index (χ4v) is 4.06. The Morgan fingerprint density at radius 3 is 3.05 bits per heavy atom. The van der Waals surface area contributed by atoms with E-state index in [4.69, 9.17) is 0 Å². The Labute approximate surface area is 123 Å². The fraction of sp³-hybridized carbons (Fsp3) is 0.562. The van der Waals surface area contributed by atoms with E-state index in [2.05, 4.69) is 15.5 Å². The minimum Gasteiger partial charge on any atom is -0.324 e. The van der Waals surface area contributed by atoms with Crippen LogP contribution in [0.3, 0.4) is 0 Å². The Kier molecular flexibility index (Phi) is 3.19. The predicted octanol–water partition coefficient (Wildman–Crippen LogP) is 2.04. The molecular formula is C16H20FN3O. The predicted molar refractivity (Wildman–Crippen MR) is 78.5 cm³/mol. The van der Waals surface area contributed by atoms with Gasteiger partial charge in [-0.1, -0.05) is 12.5 Å². The molecule has 4 rings (SSSR count). The van der Waals surface area contributed by atoms with Gasteiger partial charge in [0.1, 0.15) is 11.9 Å². The second kappa shape index (κ2) is 5.07. The maximum atomic E-state index is 13.3. The summed E-state index contributed by atoms with van der Waals surface area (Å²) >= 11 is 0. The number of nitrogens with zero attached hydrogens (tertiary/aromatic N) is 1. The number of nitrogens with one attached hydrogen (secondary N) is 2. The standard InChI is InChI=1S/C16H20FN3O/c17-10-4-5-11-13(9-10)19-16(21)15(11)18-12-6-8-20-7-2-1-3-14(12)20/h4-5,9,12,14-15,18H,1-3,6-8H2,(H,19,21). The minimum atomic E-state index is -0.340. The van der Waals surface area contributed by atoms with Gasteiger partial charge in [0, 0.05) is 29.9 Å². The van der Waals surface area contributed by atoms with Gasteiger partial charge in [0.25, 0.3) is 0 Å². The summed E-state index contributed by atoms with van der Waals surface area (Å²) in [6.45, 7) is 2.30. The largest absolute Gasteiger partial charge is 0.324 e. The maximum Gasteiger partial charge on any atom is 0.246 e. The van der Waals surface area contributed by atoms with Crippen molar-refractivity contribution in [1.82, 2.24) is 10.2 Å². The number of hydrogen-bond acceptors (Lipinski definition) is 3. The molecule has 3 aliphatic heterocycles.